The SMILES string of the molecule is C=C=C.O=PCl. The van der Waals surface area contributed by atoms with Gasteiger partial charge in [-0.25, -0.2) is 0 Å². The minimum absolute atomic E-state index is 0.361. The molecular weight excluding hydrogens is 118 g/mol. The molecule has 0 aromatic rings. The zero-order valence-corrected chi connectivity index (χ0v) is 4.80. The van der Waals surface area contributed by atoms with Crippen LogP contribution in [0.25, 0.3) is 0 Å². The van der Waals surface area contributed by atoms with E-state index in [0.29, 0.717) is 0 Å². The molecule has 0 aliphatic heterocycles. The fraction of sp³-hybridized carbons (Fsp3) is 0. The molecule has 0 aliphatic rings. The highest BCUT2D eigenvalue weighted by Gasteiger charge is 1.33. The maximum Gasteiger partial charge on any atom is 0.267 e. The molecule has 0 bridgehead atoms. The van der Waals surface area contributed by atoms with Crippen LogP contribution in [0.15, 0.2) is 18.9 Å². The second kappa shape index (κ2) is 20.6. The van der Waals surface area contributed by atoms with Crippen LogP contribution in [0.4, 0.5) is 0 Å². The first-order chi connectivity index (χ1) is 2.83. The van der Waals surface area contributed by atoms with Crippen molar-refractivity contribution in [3.05, 3.63) is 18.9 Å². The Morgan fingerprint density at radius 1 is 1.67 bits per heavy atom. The van der Waals surface area contributed by atoms with Crippen molar-refractivity contribution in [3.8, 4) is 0 Å². The highest BCUT2D eigenvalue weighted by Crippen LogP contribution is 1.92. The lowest BCUT2D eigenvalue weighted by atomic mass is 11.0. The Morgan fingerprint density at radius 3 is 1.67 bits per heavy atom. The predicted octanol–water partition coefficient (Wildman–Crippen LogP) is 2.39. The van der Waals surface area contributed by atoms with Gasteiger partial charge in [-0.05, 0) is 11.2 Å². The summed E-state index contributed by atoms with van der Waals surface area (Å²) in [7, 11) is -0.361. The number of hydrogen-bond donors (Lipinski definition) is 0. The van der Waals surface area contributed by atoms with Crippen LogP contribution in [0.1, 0.15) is 0 Å². The van der Waals surface area contributed by atoms with E-state index in [2.05, 4.69) is 30.1 Å². The molecule has 3 heteroatoms. The van der Waals surface area contributed by atoms with Crippen LogP contribution >= 0.6 is 19.1 Å². The molecule has 0 saturated heterocycles. The fourth-order valence-electron chi connectivity index (χ4n) is 0. The van der Waals surface area contributed by atoms with Crippen molar-refractivity contribution in [3.63, 3.8) is 0 Å². The van der Waals surface area contributed by atoms with Gasteiger partial charge in [0, 0.05) is 0 Å². The number of rotatable bonds is 0. The van der Waals surface area contributed by atoms with E-state index in [-0.39, 0.29) is 7.81 Å². The van der Waals surface area contributed by atoms with Crippen LogP contribution in [0.2, 0.25) is 0 Å². The van der Waals surface area contributed by atoms with Crippen molar-refractivity contribution >= 4 is 19.1 Å². The summed E-state index contributed by atoms with van der Waals surface area (Å²) in [6.45, 7) is 6.25. The Balaban J connectivity index is 0. The van der Waals surface area contributed by atoms with Crippen LogP contribution in [0, 0.1) is 0 Å². The second-order valence-electron chi connectivity index (χ2n) is 0.319. The highest BCUT2D eigenvalue weighted by atomic mass is 35.7. The van der Waals surface area contributed by atoms with Crippen molar-refractivity contribution in [2.24, 2.45) is 0 Å². The summed E-state index contributed by atoms with van der Waals surface area (Å²) in [5.74, 6) is 0. The molecule has 0 rings (SSSR count). The Morgan fingerprint density at radius 2 is 1.67 bits per heavy atom. The molecule has 0 heterocycles. The molecule has 6 heavy (non-hydrogen) atoms. The third-order valence-corrected chi connectivity index (χ3v) is 0. The van der Waals surface area contributed by atoms with E-state index in [1.165, 1.54) is 0 Å². The smallest absolute Gasteiger partial charge is 0.256 e. The lowest BCUT2D eigenvalue weighted by molar-refractivity contribution is 0.605. The zero-order chi connectivity index (χ0) is 5.41. The standard InChI is InChI=1S/C3H4.ClOP/c2*1-3-2/h1-2H2;. The van der Waals surface area contributed by atoms with Gasteiger partial charge < -0.3 is 0 Å². The number of halogens is 1. The summed E-state index contributed by atoms with van der Waals surface area (Å²) >= 11 is 4.42. The van der Waals surface area contributed by atoms with Crippen molar-refractivity contribution in [2.75, 3.05) is 0 Å². The molecule has 0 fully saturated rings. The maximum atomic E-state index is 8.67. The van der Waals surface area contributed by atoms with Gasteiger partial charge in [0.25, 0.3) is 7.81 Å². The first-order valence-electron chi connectivity index (χ1n) is 1.06. The third-order valence-electron chi connectivity index (χ3n) is 0. The van der Waals surface area contributed by atoms with Gasteiger partial charge >= 0.3 is 0 Å². The van der Waals surface area contributed by atoms with Crippen LogP contribution in [-0.4, -0.2) is 0 Å². The van der Waals surface area contributed by atoms with Crippen molar-refractivity contribution in [1.29, 1.82) is 0 Å². The summed E-state index contributed by atoms with van der Waals surface area (Å²) < 4.78 is 8.67. The minimum atomic E-state index is -0.361. The Kier molecular flexibility index (Phi) is 32.0. The van der Waals surface area contributed by atoms with Gasteiger partial charge in [0.05, 0.1) is 0 Å². The third kappa shape index (κ3) is 4090. The molecule has 34 valence electrons. The molecule has 0 unspecified atom stereocenters. The minimum Gasteiger partial charge on any atom is -0.256 e. The molecule has 0 N–H and O–H groups in total. The summed E-state index contributed by atoms with van der Waals surface area (Å²) in [5.41, 5.74) is 2.25. The van der Waals surface area contributed by atoms with E-state index in [0.717, 1.165) is 0 Å². The molecule has 0 atom stereocenters. The zero-order valence-electron chi connectivity index (χ0n) is 3.15. The topological polar surface area (TPSA) is 17.1 Å². The molecular formula is C3H4ClOP. The van der Waals surface area contributed by atoms with E-state index in [4.69, 9.17) is 4.57 Å². The van der Waals surface area contributed by atoms with Gasteiger partial charge in [0.2, 0.25) is 0 Å². The summed E-state index contributed by atoms with van der Waals surface area (Å²) in [6.07, 6.45) is 0. The average molecular weight is 122 g/mol. The Labute approximate surface area is 43.3 Å². The summed E-state index contributed by atoms with van der Waals surface area (Å²) in [4.78, 5) is 0. The van der Waals surface area contributed by atoms with E-state index in [1.54, 1.807) is 0 Å². The van der Waals surface area contributed by atoms with Crippen molar-refractivity contribution in [1.82, 2.24) is 0 Å². The van der Waals surface area contributed by atoms with Gasteiger partial charge in [-0.15, -0.1) is 5.73 Å². The molecule has 0 aliphatic carbocycles. The molecule has 0 amide bonds. The van der Waals surface area contributed by atoms with E-state index < -0.39 is 0 Å². The van der Waals surface area contributed by atoms with Gasteiger partial charge in [-0.3, -0.25) is 4.57 Å². The normalized spacial score (nSPS) is 4.83. The van der Waals surface area contributed by atoms with Crippen LogP contribution in [0.5, 0.6) is 0 Å². The quantitative estimate of drug-likeness (QED) is 0.356. The molecule has 1 nitrogen and oxygen atoms in total. The lowest BCUT2D eigenvalue weighted by Gasteiger charge is -1.16. The second-order valence-corrected chi connectivity index (χ2v) is 0.871. The van der Waals surface area contributed by atoms with Gasteiger partial charge in [-0.1, -0.05) is 13.2 Å². The van der Waals surface area contributed by atoms with Crippen molar-refractivity contribution < 1.29 is 4.57 Å². The molecule has 0 radical (unpaired) electrons. The number of hydrogen-bond acceptors (Lipinski definition) is 1. The van der Waals surface area contributed by atoms with E-state index in [9.17, 15) is 0 Å². The van der Waals surface area contributed by atoms with E-state index in [1.807, 2.05) is 0 Å². The average Bonchev–Trinajstić information content (AvgIpc) is 1.39. The van der Waals surface area contributed by atoms with Gasteiger partial charge in [0.15, 0.2) is 0 Å². The Bertz CT molecular complexity index is 55.8. The lowest BCUT2D eigenvalue weighted by Crippen LogP contribution is -0.844. The van der Waals surface area contributed by atoms with Crippen LogP contribution in [-0.2, 0) is 4.57 Å². The van der Waals surface area contributed by atoms with Crippen molar-refractivity contribution in [2.45, 2.75) is 0 Å². The molecule has 0 aromatic carbocycles. The fourth-order valence-corrected chi connectivity index (χ4v) is 0. The maximum absolute atomic E-state index is 8.67. The monoisotopic (exact) mass is 122 g/mol. The predicted molar refractivity (Wildman–Crippen MR) is 28.2 cm³/mol. The highest BCUT2D eigenvalue weighted by molar-refractivity contribution is 7.57. The molecule has 0 saturated carbocycles. The van der Waals surface area contributed by atoms with Crippen LogP contribution in [0.3, 0.4) is 0 Å². The molecule has 0 aromatic heterocycles. The molecule has 0 spiro atoms. The summed E-state index contributed by atoms with van der Waals surface area (Å²) in [5, 5.41) is 0. The van der Waals surface area contributed by atoms with Gasteiger partial charge in [-0.2, -0.15) is 0 Å². The first-order valence-corrected chi connectivity index (χ1v) is 2.78. The van der Waals surface area contributed by atoms with E-state index >= 15 is 0 Å². The Hall–Kier alpha value is -0.0900. The largest absolute Gasteiger partial charge is 0.267 e. The van der Waals surface area contributed by atoms with Gasteiger partial charge in [0.1, 0.15) is 0 Å². The summed E-state index contributed by atoms with van der Waals surface area (Å²) in [6, 6.07) is 0. The first kappa shape index (κ1) is 9.32. The van der Waals surface area contributed by atoms with Crippen LogP contribution < -0.4 is 0 Å².